The molecule has 0 aliphatic heterocycles. The third-order valence-corrected chi connectivity index (χ3v) is 4.14. The molecule has 0 spiro atoms. The van der Waals surface area contributed by atoms with Gasteiger partial charge in [0, 0.05) is 17.4 Å². The van der Waals surface area contributed by atoms with E-state index in [0.717, 1.165) is 22.4 Å². The molecule has 2 aromatic carbocycles. The highest BCUT2D eigenvalue weighted by Gasteiger charge is 2.22. The van der Waals surface area contributed by atoms with Crippen LogP contribution in [0.15, 0.2) is 60.9 Å². The second-order valence-electron chi connectivity index (χ2n) is 6.64. The minimum atomic E-state index is -0.465. The molecule has 0 radical (unpaired) electrons. The maximum Gasteiger partial charge on any atom is 0.319 e. The molecule has 0 atom stereocenters. The zero-order chi connectivity index (χ0) is 17.9. The lowest BCUT2D eigenvalue weighted by Crippen LogP contribution is -2.43. The zero-order valence-electron chi connectivity index (χ0n) is 14.6. The maximum atomic E-state index is 12.4. The van der Waals surface area contributed by atoms with Crippen LogP contribution in [0.2, 0.25) is 0 Å². The van der Waals surface area contributed by atoms with Gasteiger partial charge in [0.15, 0.2) is 0 Å². The van der Waals surface area contributed by atoms with Crippen molar-refractivity contribution in [3.05, 3.63) is 72.1 Å². The summed E-state index contributed by atoms with van der Waals surface area (Å²) in [6, 6.07) is 15.6. The van der Waals surface area contributed by atoms with Gasteiger partial charge in [-0.1, -0.05) is 42.0 Å². The average Bonchev–Trinajstić information content (AvgIpc) is 3.09. The number of rotatable bonds is 4. The molecular formula is C20H22N4O. The fourth-order valence-corrected chi connectivity index (χ4v) is 2.71. The van der Waals surface area contributed by atoms with E-state index >= 15 is 0 Å². The molecule has 3 N–H and O–H groups in total. The third kappa shape index (κ3) is 4.07. The fourth-order valence-electron chi connectivity index (χ4n) is 2.71. The standard InChI is InChI=1S/C20H22N4O/c1-14-5-4-6-17(11-14)20(2,3)24-19(25)23-18-9-7-15(8-10-18)16-12-21-22-13-16/h4-13H,1-3H3,(H,21,22)(H2,23,24,25). The molecular weight excluding hydrogens is 312 g/mol. The predicted molar refractivity (Wildman–Crippen MR) is 100 cm³/mol. The normalized spacial score (nSPS) is 11.2. The van der Waals surface area contributed by atoms with Crippen LogP contribution in [0.3, 0.4) is 0 Å². The summed E-state index contributed by atoms with van der Waals surface area (Å²) < 4.78 is 0. The van der Waals surface area contributed by atoms with E-state index < -0.39 is 5.54 Å². The van der Waals surface area contributed by atoms with Crippen LogP contribution in [0.25, 0.3) is 11.1 Å². The van der Waals surface area contributed by atoms with Crippen LogP contribution in [-0.2, 0) is 5.54 Å². The van der Waals surface area contributed by atoms with Gasteiger partial charge in [0.2, 0.25) is 0 Å². The lowest BCUT2D eigenvalue weighted by Gasteiger charge is -2.27. The van der Waals surface area contributed by atoms with Gasteiger partial charge in [-0.15, -0.1) is 0 Å². The van der Waals surface area contributed by atoms with E-state index in [-0.39, 0.29) is 6.03 Å². The van der Waals surface area contributed by atoms with E-state index in [0.29, 0.717) is 0 Å². The van der Waals surface area contributed by atoms with Crippen LogP contribution in [-0.4, -0.2) is 16.2 Å². The van der Waals surface area contributed by atoms with E-state index in [9.17, 15) is 4.79 Å². The highest BCUT2D eigenvalue weighted by Crippen LogP contribution is 2.22. The molecule has 0 saturated carbocycles. The van der Waals surface area contributed by atoms with Crippen LogP contribution in [0.5, 0.6) is 0 Å². The molecule has 0 bridgehead atoms. The summed E-state index contributed by atoms with van der Waals surface area (Å²) in [5.74, 6) is 0. The molecule has 1 aromatic heterocycles. The van der Waals surface area contributed by atoms with Crippen LogP contribution >= 0.6 is 0 Å². The summed E-state index contributed by atoms with van der Waals surface area (Å²) in [4.78, 5) is 12.4. The number of hydrogen-bond acceptors (Lipinski definition) is 2. The van der Waals surface area contributed by atoms with Crippen molar-refractivity contribution in [2.45, 2.75) is 26.3 Å². The van der Waals surface area contributed by atoms with Crippen LogP contribution in [0.1, 0.15) is 25.0 Å². The Morgan fingerprint density at radius 3 is 2.48 bits per heavy atom. The molecule has 0 unspecified atom stereocenters. The first kappa shape index (κ1) is 16.8. The van der Waals surface area contributed by atoms with Gasteiger partial charge in [0.05, 0.1) is 11.7 Å². The molecule has 0 fully saturated rings. The molecule has 128 valence electrons. The van der Waals surface area contributed by atoms with Crippen molar-refractivity contribution in [3.63, 3.8) is 0 Å². The number of nitrogens with zero attached hydrogens (tertiary/aromatic N) is 1. The third-order valence-electron chi connectivity index (χ3n) is 4.14. The van der Waals surface area contributed by atoms with Gasteiger partial charge in [0.25, 0.3) is 0 Å². The van der Waals surface area contributed by atoms with Gasteiger partial charge >= 0.3 is 6.03 Å². The predicted octanol–water partition coefficient (Wildman–Crippen LogP) is 4.44. The number of anilines is 1. The number of carbonyl (C=O) groups excluding carboxylic acids is 1. The fraction of sp³-hybridized carbons (Fsp3) is 0.200. The van der Waals surface area contributed by atoms with E-state index in [1.54, 1.807) is 6.20 Å². The number of carbonyl (C=O) groups is 1. The summed E-state index contributed by atoms with van der Waals surface area (Å²) in [6.07, 6.45) is 3.60. The lowest BCUT2D eigenvalue weighted by atomic mass is 9.93. The molecule has 0 aliphatic carbocycles. The minimum Gasteiger partial charge on any atom is -0.329 e. The number of nitrogens with one attached hydrogen (secondary N) is 3. The first-order chi connectivity index (χ1) is 11.9. The van der Waals surface area contributed by atoms with Gasteiger partial charge in [-0.2, -0.15) is 5.10 Å². The molecule has 1 heterocycles. The SMILES string of the molecule is Cc1cccc(C(C)(C)NC(=O)Nc2ccc(-c3cn[nH]c3)cc2)c1. The van der Waals surface area contributed by atoms with Gasteiger partial charge in [0.1, 0.15) is 0 Å². The van der Waals surface area contributed by atoms with Crippen molar-refractivity contribution in [2.75, 3.05) is 5.32 Å². The van der Waals surface area contributed by atoms with Gasteiger partial charge < -0.3 is 10.6 Å². The van der Waals surface area contributed by atoms with Crippen LogP contribution in [0.4, 0.5) is 10.5 Å². The first-order valence-electron chi connectivity index (χ1n) is 8.19. The maximum absolute atomic E-state index is 12.4. The Morgan fingerprint density at radius 2 is 1.84 bits per heavy atom. The number of amides is 2. The van der Waals surface area contributed by atoms with Gasteiger partial charge in [-0.05, 0) is 44.0 Å². The van der Waals surface area contributed by atoms with E-state index in [1.807, 2.05) is 69.4 Å². The molecule has 0 aliphatic rings. The average molecular weight is 334 g/mol. The quantitative estimate of drug-likeness (QED) is 0.660. The summed E-state index contributed by atoms with van der Waals surface area (Å²) in [7, 11) is 0. The summed E-state index contributed by atoms with van der Waals surface area (Å²) in [5, 5.41) is 12.6. The lowest BCUT2D eigenvalue weighted by molar-refractivity contribution is 0.242. The number of benzene rings is 2. The Hall–Kier alpha value is -3.08. The Labute approximate surface area is 147 Å². The van der Waals surface area contributed by atoms with E-state index in [4.69, 9.17) is 0 Å². The molecule has 3 aromatic rings. The van der Waals surface area contributed by atoms with Gasteiger partial charge in [-0.25, -0.2) is 4.79 Å². The second kappa shape index (κ2) is 6.81. The molecule has 2 amide bonds. The van der Waals surface area contributed by atoms with Crippen molar-refractivity contribution in [1.82, 2.24) is 15.5 Å². The summed E-state index contributed by atoms with van der Waals surface area (Å²) in [5.41, 5.74) is 4.56. The number of urea groups is 1. The highest BCUT2D eigenvalue weighted by atomic mass is 16.2. The Morgan fingerprint density at radius 1 is 1.08 bits per heavy atom. The number of H-pyrrole nitrogens is 1. The molecule has 5 heteroatoms. The smallest absolute Gasteiger partial charge is 0.319 e. The summed E-state index contributed by atoms with van der Waals surface area (Å²) in [6.45, 7) is 6.02. The Bertz CT molecular complexity index is 852. The molecule has 5 nitrogen and oxygen atoms in total. The van der Waals surface area contributed by atoms with E-state index in [2.05, 4.69) is 26.9 Å². The second-order valence-corrected chi connectivity index (χ2v) is 6.64. The Kier molecular flexibility index (Phi) is 4.57. The highest BCUT2D eigenvalue weighted by molar-refractivity contribution is 5.90. The number of aromatic nitrogens is 2. The molecule has 0 saturated heterocycles. The monoisotopic (exact) mass is 334 g/mol. The van der Waals surface area contributed by atoms with E-state index in [1.165, 1.54) is 5.56 Å². The van der Waals surface area contributed by atoms with Crippen molar-refractivity contribution >= 4 is 11.7 Å². The first-order valence-corrected chi connectivity index (χ1v) is 8.19. The molecule has 3 rings (SSSR count). The number of aromatic amines is 1. The Balaban J connectivity index is 1.66. The zero-order valence-corrected chi connectivity index (χ0v) is 14.6. The van der Waals surface area contributed by atoms with Crippen LogP contribution in [0, 0.1) is 6.92 Å². The number of hydrogen-bond donors (Lipinski definition) is 3. The topological polar surface area (TPSA) is 69.8 Å². The number of aryl methyl sites for hydroxylation is 1. The van der Waals surface area contributed by atoms with Gasteiger partial charge in [-0.3, -0.25) is 5.10 Å². The molecule has 25 heavy (non-hydrogen) atoms. The van der Waals surface area contributed by atoms with Crippen molar-refractivity contribution in [3.8, 4) is 11.1 Å². The summed E-state index contributed by atoms with van der Waals surface area (Å²) >= 11 is 0. The van der Waals surface area contributed by atoms with Crippen molar-refractivity contribution in [1.29, 1.82) is 0 Å². The van der Waals surface area contributed by atoms with Crippen molar-refractivity contribution < 1.29 is 4.79 Å². The van der Waals surface area contributed by atoms with Crippen molar-refractivity contribution in [2.24, 2.45) is 0 Å². The largest absolute Gasteiger partial charge is 0.329 e. The minimum absolute atomic E-state index is 0.234. The van der Waals surface area contributed by atoms with Crippen LogP contribution < -0.4 is 10.6 Å².